The molecule has 0 radical (unpaired) electrons. The molecule has 8 nitrogen and oxygen atoms in total. The third kappa shape index (κ3) is 5.54. The Morgan fingerprint density at radius 3 is 2.36 bits per heavy atom. The molecule has 0 aromatic heterocycles. The van der Waals surface area contributed by atoms with Gasteiger partial charge in [-0.05, 0) is 50.2 Å². The molecule has 1 atom stereocenters. The monoisotopic (exact) mass is 387 g/mol. The van der Waals surface area contributed by atoms with Crippen LogP contribution >= 0.6 is 0 Å². The van der Waals surface area contributed by atoms with Crippen molar-refractivity contribution in [2.75, 3.05) is 30.1 Å². The van der Waals surface area contributed by atoms with Gasteiger partial charge in [-0.25, -0.2) is 4.79 Å². The van der Waals surface area contributed by atoms with E-state index in [4.69, 9.17) is 19.9 Å². The zero-order chi connectivity index (χ0) is 20.7. The van der Waals surface area contributed by atoms with Crippen molar-refractivity contribution in [2.45, 2.75) is 26.8 Å². The molecule has 0 aliphatic rings. The molecule has 2 aromatic carbocycles. The van der Waals surface area contributed by atoms with Crippen LogP contribution in [0.25, 0.3) is 0 Å². The van der Waals surface area contributed by atoms with E-state index in [-0.39, 0.29) is 11.9 Å². The Labute approximate surface area is 164 Å². The van der Waals surface area contributed by atoms with E-state index in [1.165, 1.54) is 6.92 Å². The number of amides is 1. The lowest BCUT2D eigenvalue weighted by Gasteiger charge is -2.19. The van der Waals surface area contributed by atoms with Gasteiger partial charge in [-0.1, -0.05) is 0 Å². The normalized spacial score (nSPS) is 11.3. The van der Waals surface area contributed by atoms with Crippen molar-refractivity contribution in [3.05, 3.63) is 36.4 Å². The van der Waals surface area contributed by atoms with E-state index in [9.17, 15) is 9.59 Å². The molecule has 0 fully saturated rings. The standard InChI is InChI=1S/C20H25N3O5/c1-5-27-20(25)12(2)22-14-10-17(21)19(18(11-14)23-13(3)24)28-16-8-6-15(26-4)7-9-16/h6-12,22H,5,21H2,1-4H3,(H,23,24)/t12-/m0/s1. The SMILES string of the molecule is CCOC(=O)[C@H](C)Nc1cc(N)c(Oc2ccc(OC)cc2)c(NC(C)=O)c1. The number of carbonyl (C=O) groups is 2. The van der Waals surface area contributed by atoms with E-state index in [0.29, 0.717) is 40.9 Å². The number of nitrogens with one attached hydrogen (secondary N) is 2. The Bertz CT molecular complexity index is 836. The van der Waals surface area contributed by atoms with Crippen molar-refractivity contribution in [3.8, 4) is 17.2 Å². The number of nitrogen functional groups attached to an aromatic ring is 1. The van der Waals surface area contributed by atoms with Crippen LogP contribution in [-0.2, 0) is 14.3 Å². The average Bonchev–Trinajstić information content (AvgIpc) is 2.64. The van der Waals surface area contributed by atoms with Gasteiger partial charge in [0.2, 0.25) is 5.91 Å². The highest BCUT2D eigenvalue weighted by molar-refractivity contribution is 5.93. The lowest BCUT2D eigenvalue weighted by Crippen LogP contribution is -2.28. The smallest absolute Gasteiger partial charge is 0.328 e. The number of benzene rings is 2. The molecule has 2 rings (SSSR count). The molecular formula is C20H25N3O5. The Balaban J connectivity index is 2.31. The number of ether oxygens (including phenoxy) is 3. The number of hydrogen-bond acceptors (Lipinski definition) is 7. The number of anilines is 3. The summed E-state index contributed by atoms with van der Waals surface area (Å²) in [7, 11) is 1.58. The predicted molar refractivity (Wildman–Crippen MR) is 108 cm³/mol. The molecule has 2 aromatic rings. The number of rotatable bonds is 8. The number of hydrogen-bond donors (Lipinski definition) is 3. The molecular weight excluding hydrogens is 362 g/mol. The van der Waals surface area contributed by atoms with Gasteiger partial charge in [-0.3, -0.25) is 4.79 Å². The summed E-state index contributed by atoms with van der Waals surface area (Å²) in [5, 5.41) is 5.71. The second-order valence-corrected chi connectivity index (χ2v) is 6.02. The molecule has 0 saturated heterocycles. The first-order valence-electron chi connectivity index (χ1n) is 8.80. The minimum Gasteiger partial charge on any atom is -0.497 e. The molecule has 0 spiro atoms. The molecule has 4 N–H and O–H groups in total. The second kappa shape index (κ2) is 9.50. The highest BCUT2D eigenvalue weighted by atomic mass is 16.5. The van der Waals surface area contributed by atoms with Crippen LogP contribution in [0.5, 0.6) is 17.2 Å². The third-order valence-electron chi connectivity index (χ3n) is 3.73. The molecule has 0 heterocycles. The molecule has 8 heteroatoms. The summed E-state index contributed by atoms with van der Waals surface area (Å²) in [5.74, 6) is 0.847. The van der Waals surface area contributed by atoms with Crippen LogP contribution in [0.15, 0.2) is 36.4 Å². The van der Waals surface area contributed by atoms with E-state index >= 15 is 0 Å². The van der Waals surface area contributed by atoms with Gasteiger partial charge in [0.25, 0.3) is 0 Å². The fourth-order valence-corrected chi connectivity index (χ4v) is 2.47. The fraction of sp³-hybridized carbons (Fsp3) is 0.300. The summed E-state index contributed by atoms with van der Waals surface area (Å²) in [4.78, 5) is 23.5. The van der Waals surface area contributed by atoms with E-state index in [0.717, 1.165) is 0 Å². The number of nitrogens with two attached hydrogens (primary N) is 1. The Morgan fingerprint density at radius 2 is 1.79 bits per heavy atom. The molecule has 150 valence electrons. The van der Waals surface area contributed by atoms with Crippen LogP contribution in [0.1, 0.15) is 20.8 Å². The first kappa shape index (κ1) is 20.9. The van der Waals surface area contributed by atoms with Crippen LogP contribution in [-0.4, -0.2) is 31.6 Å². The first-order valence-corrected chi connectivity index (χ1v) is 8.80. The van der Waals surface area contributed by atoms with Crippen molar-refractivity contribution < 1.29 is 23.8 Å². The van der Waals surface area contributed by atoms with Crippen LogP contribution in [0.3, 0.4) is 0 Å². The Morgan fingerprint density at radius 1 is 1.14 bits per heavy atom. The van der Waals surface area contributed by atoms with Crippen molar-refractivity contribution in [2.24, 2.45) is 0 Å². The van der Waals surface area contributed by atoms with Crippen molar-refractivity contribution in [1.29, 1.82) is 0 Å². The Hall–Kier alpha value is -3.42. The van der Waals surface area contributed by atoms with Crippen LogP contribution in [0.4, 0.5) is 17.1 Å². The van der Waals surface area contributed by atoms with Gasteiger partial charge in [0.05, 0.1) is 25.1 Å². The number of esters is 1. The molecule has 0 unspecified atom stereocenters. The maximum absolute atomic E-state index is 11.8. The van der Waals surface area contributed by atoms with E-state index in [1.54, 1.807) is 57.4 Å². The minimum absolute atomic E-state index is 0.283. The first-order chi connectivity index (χ1) is 13.3. The third-order valence-corrected chi connectivity index (χ3v) is 3.73. The highest BCUT2D eigenvalue weighted by Crippen LogP contribution is 2.38. The van der Waals surface area contributed by atoms with Crippen LogP contribution < -0.4 is 25.8 Å². The van der Waals surface area contributed by atoms with Crippen molar-refractivity contribution in [3.63, 3.8) is 0 Å². The summed E-state index contributed by atoms with van der Waals surface area (Å²) in [6, 6.07) is 9.64. The maximum atomic E-state index is 11.8. The highest BCUT2D eigenvalue weighted by Gasteiger charge is 2.17. The summed E-state index contributed by atoms with van der Waals surface area (Å²) in [6.45, 7) is 5.09. The number of methoxy groups -OCH3 is 1. The van der Waals surface area contributed by atoms with E-state index in [2.05, 4.69) is 10.6 Å². The lowest BCUT2D eigenvalue weighted by atomic mass is 10.2. The van der Waals surface area contributed by atoms with Crippen LogP contribution in [0.2, 0.25) is 0 Å². The molecule has 0 aliphatic heterocycles. The lowest BCUT2D eigenvalue weighted by molar-refractivity contribution is -0.143. The summed E-state index contributed by atoms with van der Waals surface area (Å²) < 4.78 is 16.0. The van der Waals surface area contributed by atoms with E-state index < -0.39 is 6.04 Å². The quantitative estimate of drug-likeness (QED) is 0.470. The zero-order valence-electron chi connectivity index (χ0n) is 16.4. The molecule has 0 bridgehead atoms. The average molecular weight is 387 g/mol. The van der Waals surface area contributed by atoms with Crippen molar-refractivity contribution in [1.82, 2.24) is 0 Å². The van der Waals surface area contributed by atoms with Gasteiger partial charge in [0.15, 0.2) is 5.75 Å². The minimum atomic E-state index is -0.585. The molecule has 1 amide bonds. The predicted octanol–water partition coefficient (Wildman–Crippen LogP) is 3.39. The summed E-state index contributed by atoms with van der Waals surface area (Å²) >= 11 is 0. The zero-order valence-corrected chi connectivity index (χ0v) is 16.4. The van der Waals surface area contributed by atoms with Gasteiger partial charge in [0.1, 0.15) is 17.5 Å². The topological polar surface area (TPSA) is 112 Å². The molecule has 28 heavy (non-hydrogen) atoms. The van der Waals surface area contributed by atoms with Gasteiger partial charge in [-0.15, -0.1) is 0 Å². The molecule has 0 saturated carbocycles. The van der Waals surface area contributed by atoms with Crippen molar-refractivity contribution >= 4 is 28.9 Å². The number of carbonyl (C=O) groups excluding carboxylic acids is 2. The second-order valence-electron chi connectivity index (χ2n) is 6.02. The summed E-state index contributed by atoms with van der Waals surface area (Å²) in [5.41, 5.74) is 7.37. The molecule has 0 aliphatic carbocycles. The summed E-state index contributed by atoms with van der Waals surface area (Å²) in [6.07, 6.45) is 0. The maximum Gasteiger partial charge on any atom is 0.328 e. The van der Waals surface area contributed by atoms with E-state index in [1.807, 2.05) is 0 Å². The van der Waals surface area contributed by atoms with Gasteiger partial charge >= 0.3 is 5.97 Å². The van der Waals surface area contributed by atoms with Gasteiger partial charge in [-0.2, -0.15) is 0 Å². The van der Waals surface area contributed by atoms with Crippen LogP contribution in [0, 0.1) is 0 Å². The fourth-order valence-electron chi connectivity index (χ4n) is 2.47. The largest absolute Gasteiger partial charge is 0.497 e. The van der Waals surface area contributed by atoms with Gasteiger partial charge in [0, 0.05) is 12.6 Å². The Kier molecular flexibility index (Phi) is 7.08. The van der Waals surface area contributed by atoms with Gasteiger partial charge < -0.3 is 30.6 Å².